The summed E-state index contributed by atoms with van der Waals surface area (Å²) in [4.78, 5) is 11.7. The number of carbonyl (C=O) groups is 1. The van der Waals surface area contributed by atoms with E-state index in [9.17, 15) is 13.2 Å². The Bertz CT molecular complexity index is 390. The Labute approximate surface area is 117 Å². The molecule has 2 bridgehead atoms. The average molecular weight is 338 g/mol. The van der Waals surface area contributed by atoms with Gasteiger partial charge >= 0.3 is 0 Å². The van der Waals surface area contributed by atoms with Crippen molar-refractivity contribution in [3.05, 3.63) is 0 Å². The third-order valence-corrected chi connectivity index (χ3v) is 7.26. The van der Waals surface area contributed by atoms with Crippen molar-refractivity contribution in [2.24, 2.45) is 0 Å². The van der Waals surface area contributed by atoms with E-state index in [2.05, 4.69) is 21.2 Å². The first kappa shape index (κ1) is 14.3. The van der Waals surface area contributed by atoms with Gasteiger partial charge in [-0.1, -0.05) is 15.9 Å². The Balaban J connectivity index is 1.81. The minimum absolute atomic E-state index is 0.0691. The highest BCUT2D eigenvalue weighted by Crippen LogP contribution is 2.38. The van der Waals surface area contributed by atoms with Crippen LogP contribution in [0.3, 0.4) is 0 Å². The summed E-state index contributed by atoms with van der Waals surface area (Å²) >= 11 is 3.34. The fourth-order valence-electron chi connectivity index (χ4n) is 3.01. The summed E-state index contributed by atoms with van der Waals surface area (Å²) in [7, 11) is -2.88. The molecule has 0 saturated carbocycles. The zero-order valence-corrected chi connectivity index (χ0v) is 12.8. The number of fused-ring (bicyclic) bond motifs is 2. The van der Waals surface area contributed by atoms with Crippen LogP contribution >= 0.6 is 15.9 Å². The van der Waals surface area contributed by atoms with Crippen LogP contribution in [0.2, 0.25) is 0 Å². The highest BCUT2D eigenvalue weighted by Gasteiger charge is 2.46. The summed E-state index contributed by atoms with van der Waals surface area (Å²) in [5, 5.41) is 3.51. The number of alkyl halides is 1. The lowest BCUT2D eigenvalue weighted by Crippen LogP contribution is -2.45. The molecule has 2 rings (SSSR count). The molecule has 2 heterocycles. The molecule has 0 aliphatic carbocycles. The molecule has 0 aromatic rings. The first-order valence-corrected chi connectivity index (χ1v) is 9.35. The Morgan fingerprint density at radius 1 is 1.17 bits per heavy atom. The second-order valence-corrected chi connectivity index (χ2v) is 8.60. The van der Waals surface area contributed by atoms with E-state index in [1.807, 2.05) is 0 Å². The van der Waals surface area contributed by atoms with Gasteiger partial charge in [-0.05, 0) is 38.5 Å². The van der Waals surface area contributed by atoms with E-state index in [4.69, 9.17) is 0 Å². The molecule has 2 atom stereocenters. The van der Waals surface area contributed by atoms with Crippen LogP contribution in [-0.2, 0) is 14.6 Å². The van der Waals surface area contributed by atoms with Gasteiger partial charge in [0.25, 0.3) is 0 Å². The molecule has 0 spiro atoms. The predicted octanol–water partition coefficient (Wildman–Crippen LogP) is 1.78. The smallest absolute Gasteiger partial charge is 0.220 e. The van der Waals surface area contributed by atoms with E-state index in [-0.39, 0.29) is 22.4 Å². The maximum atomic E-state index is 11.9. The Hall–Kier alpha value is -0.100. The summed E-state index contributed by atoms with van der Waals surface area (Å²) in [6, 6.07) is 0.0718. The van der Waals surface area contributed by atoms with Crippen LogP contribution in [0.25, 0.3) is 0 Å². The van der Waals surface area contributed by atoms with Crippen LogP contribution < -0.4 is 5.32 Å². The molecule has 2 saturated heterocycles. The number of amides is 1. The van der Waals surface area contributed by atoms with Gasteiger partial charge in [0.05, 0.1) is 10.5 Å². The fourth-order valence-corrected chi connectivity index (χ4v) is 5.88. The summed E-state index contributed by atoms with van der Waals surface area (Å²) in [5.74, 6) is 0.0691. The van der Waals surface area contributed by atoms with Crippen molar-refractivity contribution in [1.29, 1.82) is 0 Å². The molecule has 2 fully saturated rings. The van der Waals surface area contributed by atoms with Crippen LogP contribution in [0, 0.1) is 0 Å². The predicted molar refractivity (Wildman–Crippen MR) is 74.5 cm³/mol. The maximum absolute atomic E-state index is 11.9. The number of hydrogen-bond acceptors (Lipinski definition) is 3. The van der Waals surface area contributed by atoms with Gasteiger partial charge in [-0.2, -0.15) is 0 Å². The van der Waals surface area contributed by atoms with Crippen molar-refractivity contribution >= 4 is 31.7 Å². The largest absolute Gasteiger partial charge is 0.353 e. The third kappa shape index (κ3) is 3.07. The standard InChI is InChI=1S/C12H20BrNO3S/c13-6-2-1-3-12(15)14-9-7-10-4-5-11(8-9)18(10,16)17/h9-11H,1-8H2,(H,14,15). The molecule has 104 valence electrons. The summed E-state index contributed by atoms with van der Waals surface area (Å²) in [5.41, 5.74) is 0. The van der Waals surface area contributed by atoms with Gasteiger partial charge in [0.2, 0.25) is 5.91 Å². The second kappa shape index (κ2) is 5.90. The first-order valence-electron chi connectivity index (χ1n) is 6.62. The lowest BCUT2D eigenvalue weighted by Gasteiger charge is -2.28. The summed E-state index contributed by atoms with van der Waals surface area (Å²) in [6.45, 7) is 0. The third-order valence-electron chi connectivity index (χ3n) is 3.99. The van der Waals surface area contributed by atoms with Crippen molar-refractivity contribution in [3.63, 3.8) is 0 Å². The molecule has 0 aromatic carbocycles. The number of nitrogens with one attached hydrogen (secondary N) is 1. The Morgan fingerprint density at radius 2 is 1.78 bits per heavy atom. The molecule has 2 aliphatic heterocycles. The minimum atomic E-state index is -2.88. The first-order chi connectivity index (χ1) is 8.54. The van der Waals surface area contributed by atoms with Crippen molar-refractivity contribution in [2.45, 2.75) is 61.5 Å². The van der Waals surface area contributed by atoms with Gasteiger partial charge < -0.3 is 5.32 Å². The number of sulfone groups is 1. The molecule has 2 aliphatic rings. The molecular weight excluding hydrogens is 318 g/mol. The van der Waals surface area contributed by atoms with Crippen molar-refractivity contribution in [3.8, 4) is 0 Å². The maximum Gasteiger partial charge on any atom is 0.220 e. The minimum Gasteiger partial charge on any atom is -0.353 e. The molecule has 1 amide bonds. The molecule has 6 heteroatoms. The normalized spacial score (nSPS) is 33.3. The van der Waals surface area contributed by atoms with Crippen LogP contribution in [-0.4, -0.2) is 36.2 Å². The van der Waals surface area contributed by atoms with E-state index in [1.165, 1.54) is 0 Å². The van der Waals surface area contributed by atoms with Gasteiger partial charge in [-0.25, -0.2) is 8.42 Å². The highest BCUT2D eigenvalue weighted by molar-refractivity contribution is 9.09. The van der Waals surface area contributed by atoms with E-state index in [0.717, 1.165) is 31.0 Å². The van der Waals surface area contributed by atoms with Gasteiger partial charge in [0.15, 0.2) is 9.84 Å². The van der Waals surface area contributed by atoms with Gasteiger partial charge in [-0.15, -0.1) is 0 Å². The monoisotopic (exact) mass is 337 g/mol. The van der Waals surface area contributed by atoms with Crippen LogP contribution in [0.5, 0.6) is 0 Å². The number of halogens is 1. The number of rotatable bonds is 5. The Kier molecular flexibility index (Phi) is 4.69. The zero-order valence-electron chi connectivity index (χ0n) is 10.4. The van der Waals surface area contributed by atoms with Gasteiger partial charge in [-0.3, -0.25) is 4.79 Å². The van der Waals surface area contributed by atoms with Crippen LogP contribution in [0.1, 0.15) is 44.9 Å². The molecule has 1 N–H and O–H groups in total. The van der Waals surface area contributed by atoms with Gasteiger partial charge in [0, 0.05) is 17.8 Å². The van der Waals surface area contributed by atoms with Gasteiger partial charge in [0.1, 0.15) is 0 Å². The second-order valence-electron chi connectivity index (χ2n) is 5.29. The average Bonchev–Trinajstić information content (AvgIpc) is 2.52. The fraction of sp³-hybridized carbons (Fsp3) is 0.917. The van der Waals surface area contributed by atoms with Crippen molar-refractivity contribution in [2.75, 3.05) is 5.33 Å². The quantitative estimate of drug-likeness (QED) is 0.614. The van der Waals surface area contributed by atoms with Crippen molar-refractivity contribution in [1.82, 2.24) is 5.32 Å². The van der Waals surface area contributed by atoms with E-state index in [0.29, 0.717) is 19.3 Å². The number of hydrogen-bond donors (Lipinski definition) is 1. The lowest BCUT2D eigenvalue weighted by molar-refractivity contribution is -0.122. The lowest BCUT2D eigenvalue weighted by atomic mass is 10.1. The van der Waals surface area contributed by atoms with E-state index < -0.39 is 9.84 Å². The summed E-state index contributed by atoms with van der Waals surface area (Å²) in [6.07, 6.45) is 5.22. The topological polar surface area (TPSA) is 63.2 Å². The number of carbonyl (C=O) groups excluding carboxylic acids is 1. The van der Waals surface area contributed by atoms with Crippen molar-refractivity contribution < 1.29 is 13.2 Å². The summed E-state index contributed by atoms with van der Waals surface area (Å²) < 4.78 is 23.8. The van der Waals surface area contributed by atoms with Crippen LogP contribution in [0.15, 0.2) is 0 Å². The Morgan fingerprint density at radius 3 is 2.33 bits per heavy atom. The highest BCUT2D eigenvalue weighted by atomic mass is 79.9. The molecule has 2 unspecified atom stereocenters. The van der Waals surface area contributed by atoms with E-state index in [1.54, 1.807) is 0 Å². The van der Waals surface area contributed by atoms with E-state index >= 15 is 0 Å². The molecule has 0 aromatic heterocycles. The molecule has 18 heavy (non-hydrogen) atoms. The molecular formula is C12H20BrNO3S. The number of unbranched alkanes of at least 4 members (excludes halogenated alkanes) is 1. The molecule has 4 nitrogen and oxygen atoms in total. The molecule has 0 radical (unpaired) electrons. The van der Waals surface area contributed by atoms with Crippen LogP contribution in [0.4, 0.5) is 0 Å². The SMILES string of the molecule is O=C(CCCCBr)NC1CC2CCC(C1)S2(=O)=O. The zero-order chi connectivity index (χ0) is 13.2.